The van der Waals surface area contributed by atoms with E-state index in [2.05, 4.69) is 36.8 Å². The van der Waals surface area contributed by atoms with Crippen molar-refractivity contribution in [2.45, 2.75) is 38.5 Å². The summed E-state index contributed by atoms with van der Waals surface area (Å²) in [6.07, 6.45) is 6.71. The maximum absolute atomic E-state index is 12.9. The highest BCUT2D eigenvalue weighted by Crippen LogP contribution is 2.45. The Kier molecular flexibility index (Phi) is 5.31. The number of phenols is 1. The number of fused-ring (bicyclic) bond motifs is 3. The predicted molar refractivity (Wildman–Crippen MR) is 115 cm³/mol. The quantitative estimate of drug-likeness (QED) is 0.471. The Bertz CT molecular complexity index is 1090. The van der Waals surface area contributed by atoms with E-state index < -0.39 is 0 Å². The molecule has 0 atom stereocenters. The first kappa shape index (κ1) is 19.0. The Hall–Kier alpha value is -1.38. The number of methoxy groups -OCH3 is 1. The number of hydrogen-bond donors (Lipinski definition) is 2. The highest BCUT2D eigenvalue weighted by molar-refractivity contribution is 9.13. The van der Waals surface area contributed by atoms with Crippen molar-refractivity contribution < 1.29 is 9.84 Å². The van der Waals surface area contributed by atoms with Crippen molar-refractivity contribution in [1.82, 2.24) is 9.97 Å². The molecule has 0 spiro atoms. The fraction of sp³-hybridized carbons (Fsp3) is 0.368. The first-order valence-corrected chi connectivity index (χ1v) is 11.2. The van der Waals surface area contributed by atoms with E-state index >= 15 is 0 Å². The van der Waals surface area contributed by atoms with E-state index in [0.29, 0.717) is 26.1 Å². The molecule has 0 radical (unpaired) electrons. The highest BCUT2D eigenvalue weighted by atomic mass is 79.9. The fourth-order valence-corrected chi connectivity index (χ4v) is 5.73. The zero-order valence-electron chi connectivity index (χ0n) is 14.7. The van der Waals surface area contributed by atoms with Gasteiger partial charge in [-0.15, -0.1) is 11.3 Å². The van der Waals surface area contributed by atoms with Gasteiger partial charge in [0.2, 0.25) is 0 Å². The van der Waals surface area contributed by atoms with Crippen LogP contribution in [0.1, 0.15) is 36.1 Å². The molecule has 0 unspecified atom stereocenters. The molecule has 5 nitrogen and oxygen atoms in total. The highest BCUT2D eigenvalue weighted by Gasteiger charge is 2.21. The van der Waals surface area contributed by atoms with Crippen LogP contribution in [-0.4, -0.2) is 22.2 Å². The smallest absolute Gasteiger partial charge is 0.260 e. The molecular weight excluding hydrogens is 496 g/mol. The monoisotopic (exact) mass is 512 g/mol. The van der Waals surface area contributed by atoms with Crippen molar-refractivity contribution >= 4 is 53.4 Å². The summed E-state index contributed by atoms with van der Waals surface area (Å²) in [7, 11) is 1.48. The summed E-state index contributed by atoms with van der Waals surface area (Å²) in [5.41, 5.74) is 1.72. The van der Waals surface area contributed by atoms with E-state index in [9.17, 15) is 9.90 Å². The number of nitrogens with zero attached hydrogens (tertiary/aromatic N) is 1. The Morgan fingerprint density at radius 3 is 2.67 bits per heavy atom. The van der Waals surface area contributed by atoms with E-state index in [-0.39, 0.29) is 11.3 Å². The van der Waals surface area contributed by atoms with Gasteiger partial charge in [-0.25, -0.2) is 4.98 Å². The molecule has 2 aromatic heterocycles. The molecule has 1 aliphatic rings. The molecule has 4 rings (SSSR count). The van der Waals surface area contributed by atoms with Gasteiger partial charge in [0.05, 0.1) is 17.0 Å². The van der Waals surface area contributed by atoms with Crippen molar-refractivity contribution in [2.24, 2.45) is 0 Å². The molecule has 0 saturated carbocycles. The number of aryl methyl sites for hydroxylation is 2. The third-order valence-electron chi connectivity index (χ3n) is 4.95. The molecule has 0 aliphatic heterocycles. The van der Waals surface area contributed by atoms with Crippen LogP contribution in [0.2, 0.25) is 0 Å². The van der Waals surface area contributed by atoms with E-state index in [1.807, 2.05) is 0 Å². The number of aromatic nitrogens is 2. The number of ether oxygens (including phenoxy) is 1. The largest absolute Gasteiger partial charge is 0.503 e. The van der Waals surface area contributed by atoms with Gasteiger partial charge in [0.15, 0.2) is 11.5 Å². The van der Waals surface area contributed by atoms with Crippen molar-refractivity contribution in [1.29, 1.82) is 0 Å². The van der Waals surface area contributed by atoms with Gasteiger partial charge in [-0.05, 0) is 69.2 Å². The molecule has 0 saturated heterocycles. The first-order valence-electron chi connectivity index (χ1n) is 8.81. The lowest BCUT2D eigenvalue weighted by Gasteiger charge is -2.12. The number of hydrogen-bond acceptors (Lipinski definition) is 5. The van der Waals surface area contributed by atoms with Crippen molar-refractivity contribution in [3.63, 3.8) is 0 Å². The minimum atomic E-state index is -0.108. The lowest BCUT2D eigenvalue weighted by Crippen LogP contribution is -2.11. The van der Waals surface area contributed by atoms with Gasteiger partial charge in [-0.3, -0.25) is 4.79 Å². The van der Waals surface area contributed by atoms with Gasteiger partial charge in [0.25, 0.3) is 5.56 Å². The predicted octanol–water partition coefficient (Wildman–Crippen LogP) is 5.55. The summed E-state index contributed by atoms with van der Waals surface area (Å²) in [6, 6.07) is 1.66. The van der Waals surface area contributed by atoms with Gasteiger partial charge < -0.3 is 14.8 Å². The van der Waals surface area contributed by atoms with Crippen LogP contribution in [-0.2, 0) is 12.8 Å². The molecule has 1 aliphatic carbocycles. The maximum Gasteiger partial charge on any atom is 0.260 e. The molecule has 2 heterocycles. The molecule has 2 N–H and O–H groups in total. The zero-order valence-corrected chi connectivity index (χ0v) is 18.7. The third-order valence-corrected chi connectivity index (χ3v) is 8.26. The van der Waals surface area contributed by atoms with Crippen LogP contribution in [0.3, 0.4) is 0 Å². The van der Waals surface area contributed by atoms with Crippen molar-refractivity contribution in [3.8, 4) is 22.9 Å². The van der Waals surface area contributed by atoms with Gasteiger partial charge in [0.1, 0.15) is 10.7 Å². The normalized spacial score (nSPS) is 14.6. The fourth-order valence-electron chi connectivity index (χ4n) is 3.57. The second-order valence-corrected chi connectivity index (χ2v) is 9.29. The summed E-state index contributed by atoms with van der Waals surface area (Å²) < 4.78 is 6.30. The Morgan fingerprint density at radius 1 is 1.19 bits per heavy atom. The van der Waals surface area contributed by atoms with E-state index in [1.54, 1.807) is 17.4 Å². The number of phenolic OH excluding ortho intramolecular Hbond substituents is 1. The molecule has 1 aromatic carbocycles. The second-order valence-electron chi connectivity index (χ2n) is 6.62. The van der Waals surface area contributed by atoms with Crippen LogP contribution in [0, 0.1) is 0 Å². The Balaban J connectivity index is 1.92. The number of rotatable bonds is 2. The number of halogens is 2. The summed E-state index contributed by atoms with van der Waals surface area (Å²) in [5, 5.41) is 10.9. The number of aromatic amines is 1. The minimum absolute atomic E-state index is 0.00404. The standard InChI is InChI=1S/C19H18Br2N2O3S/c1-26-11-8-10(14(20)15(21)16(11)24)17-22-18(25)13-9-6-4-2-3-5-7-12(9)27-19(13)23-17/h8,24H,2-7H2,1H3,(H,22,23,25). The third kappa shape index (κ3) is 3.32. The molecule has 3 aromatic rings. The molecule has 8 heteroatoms. The minimum Gasteiger partial charge on any atom is -0.503 e. The topological polar surface area (TPSA) is 75.2 Å². The van der Waals surface area contributed by atoms with Gasteiger partial charge in [0, 0.05) is 14.9 Å². The summed E-state index contributed by atoms with van der Waals surface area (Å²) in [5.74, 6) is 0.754. The first-order chi connectivity index (χ1) is 13.0. The average molecular weight is 514 g/mol. The Morgan fingerprint density at radius 2 is 1.93 bits per heavy atom. The van der Waals surface area contributed by atoms with Crippen LogP contribution < -0.4 is 10.3 Å². The summed E-state index contributed by atoms with van der Waals surface area (Å²) in [6.45, 7) is 0. The number of H-pyrrole nitrogens is 1. The average Bonchev–Trinajstić information content (AvgIpc) is 2.97. The SMILES string of the molecule is COc1cc(-c2nc3sc4c(c3c(=O)[nH]2)CCCCCC4)c(Br)c(Br)c1O. The lowest BCUT2D eigenvalue weighted by molar-refractivity contribution is 0.372. The molecule has 0 amide bonds. The number of nitrogens with one attached hydrogen (secondary N) is 1. The summed E-state index contributed by atoms with van der Waals surface area (Å²) >= 11 is 8.46. The second kappa shape index (κ2) is 7.56. The number of aromatic hydroxyl groups is 1. The molecule has 0 fully saturated rings. The van der Waals surface area contributed by atoms with Gasteiger partial charge >= 0.3 is 0 Å². The van der Waals surface area contributed by atoms with Crippen LogP contribution in [0.25, 0.3) is 21.6 Å². The van der Waals surface area contributed by atoms with Crippen LogP contribution in [0.5, 0.6) is 11.5 Å². The van der Waals surface area contributed by atoms with Gasteiger partial charge in [-0.1, -0.05) is 12.8 Å². The van der Waals surface area contributed by atoms with E-state index in [4.69, 9.17) is 9.72 Å². The van der Waals surface area contributed by atoms with E-state index in [1.165, 1.54) is 30.4 Å². The maximum atomic E-state index is 12.9. The van der Waals surface area contributed by atoms with Gasteiger partial charge in [-0.2, -0.15) is 0 Å². The molecule has 0 bridgehead atoms. The number of thiophene rings is 1. The molecular formula is C19H18Br2N2O3S. The van der Waals surface area contributed by atoms with Crippen LogP contribution >= 0.6 is 43.2 Å². The van der Waals surface area contributed by atoms with Crippen LogP contribution in [0.15, 0.2) is 19.8 Å². The Labute approximate surface area is 177 Å². The van der Waals surface area contributed by atoms with Crippen molar-refractivity contribution in [3.05, 3.63) is 35.8 Å². The van der Waals surface area contributed by atoms with Crippen LogP contribution in [0.4, 0.5) is 0 Å². The lowest BCUT2D eigenvalue weighted by atomic mass is 9.98. The summed E-state index contributed by atoms with van der Waals surface area (Å²) in [4.78, 5) is 22.7. The van der Waals surface area contributed by atoms with Crippen molar-refractivity contribution in [2.75, 3.05) is 7.11 Å². The number of benzene rings is 1. The molecule has 27 heavy (non-hydrogen) atoms. The zero-order chi connectivity index (χ0) is 19.1. The van der Waals surface area contributed by atoms with E-state index in [0.717, 1.165) is 35.9 Å². The molecule has 142 valence electrons.